The Kier molecular flexibility index (Phi) is 5.08. The predicted molar refractivity (Wildman–Crippen MR) is 95.9 cm³/mol. The van der Waals surface area contributed by atoms with Gasteiger partial charge in [-0.2, -0.15) is 0 Å². The first-order chi connectivity index (χ1) is 11.7. The molecule has 0 aliphatic carbocycles. The van der Waals surface area contributed by atoms with Crippen LogP contribution in [0, 0.1) is 0 Å². The van der Waals surface area contributed by atoms with E-state index in [4.69, 9.17) is 10.5 Å². The molecule has 0 spiro atoms. The van der Waals surface area contributed by atoms with Crippen LogP contribution >= 0.6 is 0 Å². The van der Waals surface area contributed by atoms with Crippen molar-refractivity contribution in [2.45, 2.75) is 26.5 Å². The quantitative estimate of drug-likeness (QED) is 0.653. The Hall–Kier alpha value is -2.44. The van der Waals surface area contributed by atoms with Crippen molar-refractivity contribution in [2.75, 3.05) is 18.5 Å². The van der Waals surface area contributed by atoms with Gasteiger partial charge in [-0.1, -0.05) is 24.3 Å². The Bertz CT molecular complexity index is 795. The number of anilines is 1. The Morgan fingerprint density at radius 2 is 1.96 bits per heavy atom. The summed E-state index contributed by atoms with van der Waals surface area (Å²) >= 11 is 0. The Morgan fingerprint density at radius 1 is 1.17 bits per heavy atom. The number of nitrogens with two attached hydrogens (primary N) is 1. The van der Waals surface area contributed by atoms with Crippen molar-refractivity contribution in [3.8, 4) is 11.3 Å². The third kappa shape index (κ3) is 3.72. The number of benzene rings is 1. The van der Waals surface area contributed by atoms with Crippen molar-refractivity contribution in [3.63, 3.8) is 0 Å². The first-order valence-corrected chi connectivity index (χ1v) is 8.17. The van der Waals surface area contributed by atoms with E-state index in [0.29, 0.717) is 19.7 Å². The van der Waals surface area contributed by atoms with Gasteiger partial charge in [-0.25, -0.2) is 9.50 Å². The smallest absolute Gasteiger partial charge is 0.154 e. The average molecular weight is 325 g/mol. The van der Waals surface area contributed by atoms with Crippen LogP contribution in [0.3, 0.4) is 0 Å². The van der Waals surface area contributed by atoms with Gasteiger partial charge in [0.15, 0.2) is 5.65 Å². The van der Waals surface area contributed by atoms with Gasteiger partial charge in [0, 0.05) is 18.7 Å². The average Bonchev–Trinajstić information content (AvgIpc) is 3.02. The highest BCUT2D eigenvalue weighted by Crippen LogP contribution is 2.21. The van der Waals surface area contributed by atoms with Crippen molar-refractivity contribution < 1.29 is 4.74 Å². The molecule has 0 atom stereocenters. The fourth-order valence-electron chi connectivity index (χ4n) is 2.45. The minimum Gasteiger partial charge on any atom is -0.377 e. The standard InChI is InChI=1S/C18H23N5O/c1-13(2)24-10-9-20-17-7-8-18-21-12-16(23(18)22-17)15-5-3-14(11-19)4-6-15/h3-8,12-13H,9-11,19H2,1-2H3,(H,20,22). The van der Waals surface area contributed by atoms with Gasteiger partial charge in [-0.3, -0.25) is 0 Å². The second-order valence-corrected chi connectivity index (χ2v) is 5.88. The molecule has 3 N–H and O–H groups in total. The molecule has 24 heavy (non-hydrogen) atoms. The van der Waals surface area contributed by atoms with Crippen molar-refractivity contribution >= 4 is 11.5 Å². The van der Waals surface area contributed by atoms with Crippen LogP contribution in [-0.4, -0.2) is 33.9 Å². The molecule has 0 radical (unpaired) electrons. The molecule has 2 heterocycles. The monoisotopic (exact) mass is 325 g/mol. The molecule has 6 nitrogen and oxygen atoms in total. The van der Waals surface area contributed by atoms with E-state index in [0.717, 1.165) is 28.3 Å². The lowest BCUT2D eigenvalue weighted by Gasteiger charge is -2.09. The molecule has 0 bridgehead atoms. The number of nitrogens with one attached hydrogen (secondary N) is 1. The molecule has 3 aromatic rings. The van der Waals surface area contributed by atoms with Crippen LogP contribution in [0.1, 0.15) is 19.4 Å². The third-order valence-electron chi connectivity index (χ3n) is 3.71. The molecule has 0 saturated heterocycles. The van der Waals surface area contributed by atoms with Crippen LogP contribution in [0.5, 0.6) is 0 Å². The number of hydrogen-bond donors (Lipinski definition) is 2. The number of hydrogen-bond acceptors (Lipinski definition) is 5. The van der Waals surface area contributed by atoms with Gasteiger partial charge in [0.2, 0.25) is 0 Å². The summed E-state index contributed by atoms with van der Waals surface area (Å²) in [6.45, 7) is 5.95. The van der Waals surface area contributed by atoms with Crippen molar-refractivity contribution in [1.82, 2.24) is 14.6 Å². The lowest BCUT2D eigenvalue weighted by atomic mass is 10.1. The van der Waals surface area contributed by atoms with Crippen LogP contribution < -0.4 is 11.1 Å². The first-order valence-electron chi connectivity index (χ1n) is 8.17. The lowest BCUT2D eigenvalue weighted by Crippen LogP contribution is -2.14. The number of ether oxygens (including phenoxy) is 1. The molecule has 0 fully saturated rings. The van der Waals surface area contributed by atoms with Crippen LogP contribution in [0.2, 0.25) is 0 Å². The predicted octanol–water partition coefficient (Wildman–Crippen LogP) is 2.69. The maximum Gasteiger partial charge on any atom is 0.154 e. The fraction of sp³-hybridized carbons (Fsp3) is 0.333. The van der Waals surface area contributed by atoms with Crippen LogP contribution in [0.4, 0.5) is 5.82 Å². The molecule has 6 heteroatoms. The highest BCUT2D eigenvalue weighted by atomic mass is 16.5. The van der Waals surface area contributed by atoms with E-state index >= 15 is 0 Å². The molecule has 0 amide bonds. The van der Waals surface area contributed by atoms with Gasteiger partial charge >= 0.3 is 0 Å². The lowest BCUT2D eigenvalue weighted by molar-refractivity contribution is 0.0870. The Labute approximate surface area is 141 Å². The van der Waals surface area contributed by atoms with Crippen LogP contribution in [0.15, 0.2) is 42.6 Å². The van der Waals surface area contributed by atoms with Crippen molar-refractivity contribution in [1.29, 1.82) is 0 Å². The molecular weight excluding hydrogens is 302 g/mol. The maximum absolute atomic E-state index is 5.66. The molecule has 1 aromatic carbocycles. The summed E-state index contributed by atoms with van der Waals surface area (Å²) < 4.78 is 7.38. The SMILES string of the molecule is CC(C)OCCNc1ccc2ncc(-c3ccc(CN)cc3)n2n1. The van der Waals surface area contributed by atoms with Crippen LogP contribution in [-0.2, 0) is 11.3 Å². The summed E-state index contributed by atoms with van der Waals surface area (Å²) in [5.74, 6) is 0.799. The maximum atomic E-state index is 5.66. The first kappa shape index (κ1) is 16.4. The van der Waals surface area contributed by atoms with Gasteiger partial charge in [-0.05, 0) is 31.5 Å². The second-order valence-electron chi connectivity index (χ2n) is 5.88. The van der Waals surface area contributed by atoms with E-state index in [-0.39, 0.29) is 6.10 Å². The summed E-state index contributed by atoms with van der Waals surface area (Å²) in [4.78, 5) is 4.42. The van der Waals surface area contributed by atoms with E-state index in [9.17, 15) is 0 Å². The zero-order chi connectivity index (χ0) is 16.9. The van der Waals surface area contributed by atoms with Crippen molar-refractivity contribution in [2.24, 2.45) is 5.73 Å². The second kappa shape index (κ2) is 7.42. The van der Waals surface area contributed by atoms with E-state index < -0.39 is 0 Å². The highest BCUT2D eigenvalue weighted by Gasteiger charge is 2.08. The normalized spacial score (nSPS) is 11.3. The third-order valence-corrected chi connectivity index (χ3v) is 3.71. The number of rotatable bonds is 7. The fourth-order valence-corrected chi connectivity index (χ4v) is 2.45. The molecule has 0 aliphatic rings. The Balaban J connectivity index is 1.80. The van der Waals surface area contributed by atoms with Crippen LogP contribution in [0.25, 0.3) is 16.9 Å². The minimum atomic E-state index is 0.235. The molecule has 3 rings (SSSR count). The van der Waals surface area contributed by atoms with Gasteiger partial charge in [-0.15, -0.1) is 5.10 Å². The molecule has 0 unspecified atom stereocenters. The Morgan fingerprint density at radius 3 is 2.67 bits per heavy atom. The number of imidazole rings is 1. The topological polar surface area (TPSA) is 77.5 Å². The molecule has 2 aromatic heterocycles. The summed E-state index contributed by atoms with van der Waals surface area (Å²) in [6.07, 6.45) is 2.07. The number of fused-ring (bicyclic) bond motifs is 1. The summed E-state index contributed by atoms with van der Waals surface area (Å²) in [5, 5.41) is 7.91. The molecule has 0 saturated carbocycles. The number of aromatic nitrogens is 3. The molecule has 126 valence electrons. The minimum absolute atomic E-state index is 0.235. The zero-order valence-corrected chi connectivity index (χ0v) is 14.1. The highest BCUT2D eigenvalue weighted by molar-refractivity contribution is 5.63. The number of nitrogens with zero attached hydrogens (tertiary/aromatic N) is 3. The van der Waals surface area contributed by atoms with Crippen molar-refractivity contribution in [3.05, 3.63) is 48.2 Å². The zero-order valence-electron chi connectivity index (χ0n) is 14.1. The van der Waals surface area contributed by atoms with E-state index in [1.807, 2.05) is 61.0 Å². The molecule has 0 aliphatic heterocycles. The van der Waals surface area contributed by atoms with Gasteiger partial charge < -0.3 is 15.8 Å². The van der Waals surface area contributed by atoms with Gasteiger partial charge in [0.25, 0.3) is 0 Å². The van der Waals surface area contributed by atoms with E-state index in [2.05, 4.69) is 15.4 Å². The van der Waals surface area contributed by atoms with E-state index in [1.54, 1.807) is 0 Å². The van der Waals surface area contributed by atoms with Gasteiger partial charge in [0.05, 0.1) is 24.6 Å². The molecular formula is C18H23N5O. The van der Waals surface area contributed by atoms with Gasteiger partial charge in [0.1, 0.15) is 5.82 Å². The summed E-state index contributed by atoms with van der Waals surface area (Å²) in [6, 6.07) is 12.0. The summed E-state index contributed by atoms with van der Waals surface area (Å²) in [7, 11) is 0. The van der Waals surface area contributed by atoms with E-state index in [1.165, 1.54) is 0 Å². The largest absolute Gasteiger partial charge is 0.377 e. The summed E-state index contributed by atoms with van der Waals surface area (Å²) in [5.41, 5.74) is 9.60.